The molecule has 100 valence electrons. The molecular formula is C10H10Cl2N6O. The van der Waals surface area contributed by atoms with Gasteiger partial charge < -0.3 is 5.32 Å². The molecule has 0 fully saturated rings. The first kappa shape index (κ1) is 13.7. The number of halogens is 2. The van der Waals surface area contributed by atoms with Crippen molar-refractivity contribution >= 4 is 34.8 Å². The smallest absolute Gasteiger partial charge is 0.295 e. The van der Waals surface area contributed by atoms with Crippen molar-refractivity contribution in [3.05, 3.63) is 28.3 Å². The number of aromatic nitrogens is 5. The molecule has 0 saturated carbocycles. The van der Waals surface area contributed by atoms with E-state index in [4.69, 9.17) is 23.2 Å². The Balaban J connectivity index is 2.21. The Hall–Kier alpha value is -1.73. The predicted octanol–water partition coefficient (Wildman–Crippen LogP) is 2.28. The number of nitrogens with zero attached hydrogens (tertiary/aromatic N) is 4. The zero-order chi connectivity index (χ0) is 14.0. The summed E-state index contributed by atoms with van der Waals surface area (Å²) >= 11 is 11.6. The van der Waals surface area contributed by atoms with Crippen LogP contribution in [0.25, 0.3) is 0 Å². The lowest BCUT2D eigenvalue weighted by atomic mass is 10.2. The molecule has 9 heteroatoms. The van der Waals surface area contributed by atoms with Crippen molar-refractivity contribution < 1.29 is 4.79 Å². The van der Waals surface area contributed by atoms with Crippen LogP contribution in [0.15, 0.2) is 6.33 Å². The molecule has 0 spiro atoms. The Bertz CT molecular complexity index is 592. The highest BCUT2D eigenvalue weighted by Crippen LogP contribution is 2.25. The lowest BCUT2D eigenvalue weighted by molar-refractivity contribution is 0.101. The molecule has 2 aromatic heterocycles. The van der Waals surface area contributed by atoms with Crippen molar-refractivity contribution in [2.75, 3.05) is 5.32 Å². The molecule has 0 aliphatic rings. The van der Waals surface area contributed by atoms with Crippen LogP contribution < -0.4 is 5.32 Å². The third kappa shape index (κ3) is 2.99. The van der Waals surface area contributed by atoms with Gasteiger partial charge in [-0.25, -0.2) is 15.0 Å². The molecule has 0 saturated heterocycles. The van der Waals surface area contributed by atoms with Crippen LogP contribution in [0.5, 0.6) is 0 Å². The molecule has 2 aromatic rings. The highest BCUT2D eigenvalue weighted by atomic mass is 35.5. The predicted molar refractivity (Wildman–Crippen MR) is 70.5 cm³/mol. The van der Waals surface area contributed by atoms with E-state index in [1.165, 1.54) is 6.33 Å². The third-order valence-electron chi connectivity index (χ3n) is 2.25. The third-order valence-corrected chi connectivity index (χ3v) is 2.82. The summed E-state index contributed by atoms with van der Waals surface area (Å²) in [5, 5.41) is 9.07. The summed E-state index contributed by atoms with van der Waals surface area (Å²) in [5.41, 5.74) is 0.131. The SMILES string of the molecule is CC(C)c1nc(C(=O)Nc2c(Cl)ncnc2Cl)n[nH]1. The number of amides is 1. The Kier molecular flexibility index (Phi) is 3.96. The van der Waals surface area contributed by atoms with E-state index < -0.39 is 5.91 Å². The van der Waals surface area contributed by atoms with Crippen LogP contribution in [0, 0.1) is 0 Å². The largest absolute Gasteiger partial charge is 0.314 e. The molecule has 0 aliphatic carbocycles. The van der Waals surface area contributed by atoms with Gasteiger partial charge in [-0.3, -0.25) is 9.89 Å². The number of hydrogen-bond donors (Lipinski definition) is 2. The van der Waals surface area contributed by atoms with E-state index in [2.05, 4.69) is 30.5 Å². The minimum atomic E-state index is -0.540. The Morgan fingerprint density at radius 3 is 2.47 bits per heavy atom. The molecule has 0 bridgehead atoms. The van der Waals surface area contributed by atoms with Crippen molar-refractivity contribution in [1.82, 2.24) is 25.1 Å². The lowest BCUT2D eigenvalue weighted by Gasteiger charge is -2.05. The lowest BCUT2D eigenvalue weighted by Crippen LogP contribution is -2.15. The minimum absolute atomic E-state index is 0.000290. The highest BCUT2D eigenvalue weighted by molar-refractivity contribution is 6.38. The van der Waals surface area contributed by atoms with Gasteiger partial charge in [0.2, 0.25) is 5.82 Å². The first-order valence-electron chi connectivity index (χ1n) is 5.38. The van der Waals surface area contributed by atoms with Gasteiger partial charge in [-0.1, -0.05) is 37.0 Å². The maximum Gasteiger partial charge on any atom is 0.295 e. The number of H-pyrrole nitrogens is 1. The molecule has 0 radical (unpaired) electrons. The van der Waals surface area contributed by atoms with Gasteiger partial charge in [-0.15, -0.1) is 5.10 Å². The number of rotatable bonds is 3. The summed E-state index contributed by atoms with van der Waals surface area (Å²) in [7, 11) is 0. The fourth-order valence-electron chi connectivity index (χ4n) is 1.25. The summed E-state index contributed by atoms with van der Waals surface area (Å²) in [6.45, 7) is 3.86. The number of anilines is 1. The molecule has 2 rings (SSSR count). The van der Waals surface area contributed by atoms with Crippen molar-refractivity contribution in [3.8, 4) is 0 Å². The summed E-state index contributed by atoms with van der Waals surface area (Å²) in [6.07, 6.45) is 1.20. The van der Waals surface area contributed by atoms with Gasteiger partial charge in [0.25, 0.3) is 5.91 Å². The fourth-order valence-corrected chi connectivity index (χ4v) is 1.66. The number of aromatic amines is 1. The van der Waals surface area contributed by atoms with Crippen LogP contribution >= 0.6 is 23.2 Å². The van der Waals surface area contributed by atoms with Crippen LogP contribution in [0.4, 0.5) is 5.69 Å². The zero-order valence-electron chi connectivity index (χ0n) is 10.1. The van der Waals surface area contributed by atoms with Crippen molar-refractivity contribution in [1.29, 1.82) is 0 Å². The van der Waals surface area contributed by atoms with Crippen LogP contribution in [0.1, 0.15) is 36.2 Å². The van der Waals surface area contributed by atoms with Gasteiger partial charge in [0.15, 0.2) is 10.3 Å². The molecule has 7 nitrogen and oxygen atoms in total. The molecule has 0 aromatic carbocycles. The zero-order valence-corrected chi connectivity index (χ0v) is 11.6. The standard InChI is InChI=1S/C10H10Cl2N6O/c1-4(2)8-16-9(18-17-8)10(19)15-5-6(11)13-3-14-7(5)12/h3-4H,1-2H3,(H,15,19)(H,16,17,18). The molecule has 0 unspecified atom stereocenters. The van der Waals surface area contributed by atoms with E-state index in [1.54, 1.807) is 0 Å². The van der Waals surface area contributed by atoms with Gasteiger partial charge in [0.1, 0.15) is 17.8 Å². The van der Waals surface area contributed by atoms with E-state index in [9.17, 15) is 4.79 Å². The average molecular weight is 301 g/mol. The van der Waals surface area contributed by atoms with Crippen LogP contribution in [0.3, 0.4) is 0 Å². The van der Waals surface area contributed by atoms with E-state index in [1.807, 2.05) is 13.8 Å². The maximum absolute atomic E-state index is 11.9. The fraction of sp³-hybridized carbons (Fsp3) is 0.300. The van der Waals surface area contributed by atoms with Gasteiger partial charge in [0.05, 0.1) is 0 Å². The molecule has 0 atom stereocenters. The van der Waals surface area contributed by atoms with E-state index in [0.29, 0.717) is 5.82 Å². The minimum Gasteiger partial charge on any atom is -0.314 e. The van der Waals surface area contributed by atoms with Crippen LogP contribution in [-0.4, -0.2) is 31.1 Å². The molecule has 2 N–H and O–H groups in total. The first-order valence-corrected chi connectivity index (χ1v) is 6.14. The van der Waals surface area contributed by atoms with Crippen LogP contribution in [-0.2, 0) is 0 Å². The molecule has 1 amide bonds. The summed E-state index contributed by atoms with van der Waals surface area (Å²) in [4.78, 5) is 23.4. The van der Waals surface area contributed by atoms with E-state index >= 15 is 0 Å². The van der Waals surface area contributed by atoms with Crippen molar-refractivity contribution in [2.45, 2.75) is 19.8 Å². The van der Waals surface area contributed by atoms with Gasteiger partial charge >= 0.3 is 0 Å². The molecule has 2 heterocycles. The molecule has 0 aliphatic heterocycles. The second kappa shape index (κ2) is 5.50. The van der Waals surface area contributed by atoms with Crippen molar-refractivity contribution in [3.63, 3.8) is 0 Å². The maximum atomic E-state index is 11.9. The summed E-state index contributed by atoms with van der Waals surface area (Å²) in [6, 6.07) is 0. The Labute approximate surface area is 118 Å². The van der Waals surface area contributed by atoms with Gasteiger partial charge in [-0.2, -0.15) is 0 Å². The number of hydrogen-bond acceptors (Lipinski definition) is 5. The summed E-state index contributed by atoms with van der Waals surface area (Å²) in [5.74, 6) is 0.217. The van der Waals surface area contributed by atoms with E-state index in [-0.39, 0.29) is 27.7 Å². The molecule has 19 heavy (non-hydrogen) atoms. The van der Waals surface area contributed by atoms with Gasteiger partial charge in [-0.05, 0) is 0 Å². The number of carbonyl (C=O) groups is 1. The highest BCUT2D eigenvalue weighted by Gasteiger charge is 2.17. The summed E-state index contributed by atoms with van der Waals surface area (Å²) < 4.78 is 0. The van der Waals surface area contributed by atoms with Crippen molar-refractivity contribution in [2.24, 2.45) is 0 Å². The first-order chi connectivity index (χ1) is 8.99. The quantitative estimate of drug-likeness (QED) is 0.848. The van der Waals surface area contributed by atoms with Gasteiger partial charge in [0, 0.05) is 5.92 Å². The number of nitrogens with one attached hydrogen (secondary N) is 2. The number of carbonyl (C=O) groups excluding carboxylic acids is 1. The van der Waals surface area contributed by atoms with E-state index in [0.717, 1.165) is 0 Å². The molecular weight excluding hydrogens is 291 g/mol. The van der Waals surface area contributed by atoms with Crippen LogP contribution in [0.2, 0.25) is 10.3 Å². The second-order valence-electron chi connectivity index (χ2n) is 3.98. The normalized spacial score (nSPS) is 10.8. The second-order valence-corrected chi connectivity index (χ2v) is 4.70. The topological polar surface area (TPSA) is 96.5 Å². The Morgan fingerprint density at radius 1 is 1.32 bits per heavy atom. The average Bonchev–Trinajstić information content (AvgIpc) is 2.83. The monoisotopic (exact) mass is 300 g/mol. The Morgan fingerprint density at radius 2 is 1.95 bits per heavy atom.